The van der Waals surface area contributed by atoms with Gasteiger partial charge in [-0.25, -0.2) is 0 Å². The van der Waals surface area contributed by atoms with Crippen LogP contribution in [0, 0.1) is 5.92 Å². The van der Waals surface area contributed by atoms with Gasteiger partial charge in [-0.3, -0.25) is 4.79 Å². The lowest BCUT2D eigenvalue weighted by Crippen LogP contribution is -2.49. The lowest BCUT2D eigenvalue weighted by Gasteiger charge is -2.43. The summed E-state index contributed by atoms with van der Waals surface area (Å²) in [6, 6.07) is 9.96. The number of esters is 1. The largest absolute Gasteiger partial charge is 0.468 e. The van der Waals surface area contributed by atoms with Crippen molar-refractivity contribution >= 4 is 5.97 Å². The van der Waals surface area contributed by atoms with Crippen molar-refractivity contribution in [3.63, 3.8) is 0 Å². The number of hydrogen-bond donors (Lipinski definition) is 1. The molecule has 1 N–H and O–H groups in total. The van der Waals surface area contributed by atoms with Crippen LogP contribution < -0.4 is 0 Å². The topological polar surface area (TPSA) is 49.8 Å². The van der Waals surface area contributed by atoms with Crippen molar-refractivity contribution in [2.45, 2.75) is 50.0 Å². The summed E-state index contributed by atoms with van der Waals surface area (Å²) in [5, 5.41) is 10.6. The number of piperidine rings is 1. The summed E-state index contributed by atoms with van der Waals surface area (Å²) in [5.41, 5.74) is 0.405. The molecule has 0 bridgehead atoms. The first-order chi connectivity index (χ1) is 11.7. The van der Waals surface area contributed by atoms with Gasteiger partial charge in [-0.1, -0.05) is 36.8 Å². The average molecular weight is 331 g/mol. The lowest BCUT2D eigenvalue weighted by atomic mass is 9.64. The molecule has 0 radical (unpaired) electrons. The summed E-state index contributed by atoms with van der Waals surface area (Å²) in [7, 11) is 1.47. The molecule has 4 heteroatoms. The van der Waals surface area contributed by atoms with Crippen LogP contribution in [0.5, 0.6) is 0 Å². The van der Waals surface area contributed by atoms with Gasteiger partial charge in [0.15, 0.2) is 0 Å². The van der Waals surface area contributed by atoms with E-state index in [9.17, 15) is 9.90 Å². The molecule has 2 fully saturated rings. The third-order valence-electron chi connectivity index (χ3n) is 5.87. The molecule has 1 heterocycles. The summed E-state index contributed by atoms with van der Waals surface area (Å²) in [5.74, 6) is -0.0413. The van der Waals surface area contributed by atoms with E-state index in [1.165, 1.54) is 26.4 Å². The Morgan fingerprint density at radius 2 is 1.96 bits per heavy atom. The zero-order valence-electron chi connectivity index (χ0n) is 14.6. The fourth-order valence-electron chi connectivity index (χ4n) is 4.49. The number of aliphatic hydroxyl groups is 1. The molecule has 1 saturated carbocycles. The predicted octanol–water partition coefficient (Wildman–Crippen LogP) is 2.74. The number of rotatable bonds is 4. The minimum atomic E-state index is -0.615. The number of likely N-dealkylation sites (tertiary alicyclic amines) is 1. The van der Waals surface area contributed by atoms with Crippen LogP contribution in [0.4, 0.5) is 0 Å². The fraction of sp³-hybridized carbons (Fsp3) is 0.650. The van der Waals surface area contributed by atoms with Crippen LogP contribution in [0.2, 0.25) is 0 Å². The molecular weight excluding hydrogens is 302 g/mol. The van der Waals surface area contributed by atoms with E-state index in [-0.39, 0.29) is 18.0 Å². The number of nitrogens with zero attached hydrogens (tertiary/aromatic N) is 1. The average Bonchev–Trinajstić information content (AvgIpc) is 2.64. The Morgan fingerprint density at radius 1 is 1.25 bits per heavy atom. The molecule has 4 nitrogen and oxygen atoms in total. The molecule has 1 saturated heterocycles. The molecule has 24 heavy (non-hydrogen) atoms. The second-order valence-corrected chi connectivity index (χ2v) is 7.37. The molecule has 3 atom stereocenters. The van der Waals surface area contributed by atoms with E-state index < -0.39 is 5.41 Å². The van der Waals surface area contributed by atoms with Crippen molar-refractivity contribution in [1.82, 2.24) is 4.90 Å². The van der Waals surface area contributed by atoms with Gasteiger partial charge in [0.25, 0.3) is 0 Å². The second-order valence-electron chi connectivity index (χ2n) is 7.37. The molecule has 0 amide bonds. The maximum absolute atomic E-state index is 12.7. The normalized spacial score (nSPS) is 31.6. The molecular formula is C20H29NO3. The highest BCUT2D eigenvalue weighted by Crippen LogP contribution is 2.43. The number of hydrogen-bond acceptors (Lipinski definition) is 4. The molecule has 1 aromatic rings. The number of aliphatic hydroxyl groups excluding tert-OH is 1. The van der Waals surface area contributed by atoms with Crippen molar-refractivity contribution in [1.29, 1.82) is 0 Å². The van der Waals surface area contributed by atoms with Crippen LogP contribution in [0.25, 0.3) is 0 Å². The van der Waals surface area contributed by atoms with Crippen molar-refractivity contribution in [3.8, 4) is 0 Å². The van der Waals surface area contributed by atoms with E-state index in [1.54, 1.807) is 0 Å². The molecule has 2 aliphatic rings. The van der Waals surface area contributed by atoms with E-state index in [2.05, 4.69) is 4.90 Å². The Kier molecular flexibility index (Phi) is 5.57. The summed E-state index contributed by atoms with van der Waals surface area (Å²) in [6.45, 7) is 3.10. The van der Waals surface area contributed by atoms with Crippen LogP contribution in [-0.4, -0.2) is 48.8 Å². The number of ether oxygens (including phenoxy) is 1. The van der Waals surface area contributed by atoms with E-state index in [0.717, 1.165) is 25.2 Å². The first kappa shape index (κ1) is 17.4. The smallest absolute Gasteiger partial charge is 0.316 e. The summed E-state index contributed by atoms with van der Waals surface area (Å²) in [4.78, 5) is 15.2. The van der Waals surface area contributed by atoms with Crippen molar-refractivity contribution in [3.05, 3.63) is 35.9 Å². The Bertz CT molecular complexity index is 541. The predicted molar refractivity (Wildman–Crippen MR) is 93.8 cm³/mol. The minimum absolute atomic E-state index is 0.121. The Balaban J connectivity index is 1.82. The van der Waals surface area contributed by atoms with Gasteiger partial charge in [0.2, 0.25) is 0 Å². The van der Waals surface area contributed by atoms with Gasteiger partial charge in [-0.05, 0) is 56.7 Å². The molecule has 3 rings (SSSR count). The Hall–Kier alpha value is -1.39. The zero-order chi connectivity index (χ0) is 17.0. The maximum atomic E-state index is 12.7. The highest BCUT2D eigenvalue weighted by atomic mass is 16.5. The highest BCUT2D eigenvalue weighted by molar-refractivity contribution is 5.83. The van der Waals surface area contributed by atoms with Gasteiger partial charge in [0.05, 0.1) is 18.6 Å². The fourth-order valence-corrected chi connectivity index (χ4v) is 4.49. The summed E-state index contributed by atoms with van der Waals surface area (Å²) >= 11 is 0. The van der Waals surface area contributed by atoms with Crippen LogP contribution in [-0.2, 0) is 14.9 Å². The summed E-state index contributed by atoms with van der Waals surface area (Å²) < 4.78 is 5.19. The Labute approximate surface area is 144 Å². The Morgan fingerprint density at radius 3 is 2.62 bits per heavy atom. The third kappa shape index (κ3) is 3.50. The van der Waals surface area contributed by atoms with E-state index in [0.29, 0.717) is 19.3 Å². The first-order valence-corrected chi connectivity index (χ1v) is 9.20. The molecule has 1 aromatic carbocycles. The molecule has 0 aromatic heterocycles. The number of carbonyl (C=O) groups is 1. The van der Waals surface area contributed by atoms with Gasteiger partial charge >= 0.3 is 5.97 Å². The lowest BCUT2D eigenvalue weighted by molar-refractivity contribution is -0.151. The quantitative estimate of drug-likeness (QED) is 0.862. The second kappa shape index (κ2) is 7.66. The molecule has 1 aliphatic heterocycles. The van der Waals surface area contributed by atoms with Crippen molar-refractivity contribution in [2.75, 3.05) is 26.7 Å². The van der Waals surface area contributed by atoms with Crippen LogP contribution >= 0.6 is 0 Å². The van der Waals surface area contributed by atoms with E-state index >= 15 is 0 Å². The van der Waals surface area contributed by atoms with E-state index in [1.807, 2.05) is 30.3 Å². The zero-order valence-corrected chi connectivity index (χ0v) is 14.6. The highest BCUT2D eigenvalue weighted by Gasteiger charge is 2.48. The van der Waals surface area contributed by atoms with Gasteiger partial charge < -0.3 is 14.7 Å². The van der Waals surface area contributed by atoms with Gasteiger partial charge in [0.1, 0.15) is 0 Å². The minimum Gasteiger partial charge on any atom is -0.468 e. The number of methoxy groups -OCH3 is 1. The van der Waals surface area contributed by atoms with Gasteiger partial charge in [0, 0.05) is 6.54 Å². The number of carbonyl (C=O) groups excluding carboxylic acids is 1. The monoisotopic (exact) mass is 331 g/mol. The molecule has 0 spiro atoms. The number of benzene rings is 1. The van der Waals surface area contributed by atoms with Crippen LogP contribution in [0.3, 0.4) is 0 Å². The standard InChI is InChI=1S/C20H29NO3/c1-24-19(23)20(17-8-4-2-5-9-17)11-10-18(22)16(14-20)15-21-12-6-3-7-13-21/h2,4-5,8-9,16,18,22H,3,6-7,10-15H2,1H3. The van der Waals surface area contributed by atoms with E-state index in [4.69, 9.17) is 4.74 Å². The van der Waals surface area contributed by atoms with Crippen LogP contribution in [0.1, 0.15) is 44.1 Å². The van der Waals surface area contributed by atoms with Crippen LogP contribution in [0.15, 0.2) is 30.3 Å². The van der Waals surface area contributed by atoms with Gasteiger partial charge in [-0.2, -0.15) is 0 Å². The molecule has 132 valence electrons. The third-order valence-corrected chi connectivity index (χ3v) is 5.87. The molecule has 3 unspecified atom stereocenters. The van der Waals surface area contributed by atoms with Crippen molar-refractivity contribution in [2.24, 2.45) is 5.92 Å². The maximum Gasteiger partial charge on any atom is 0.316 e. The summed E-state index contributed by atoms with van der Waals surface area (Å²) in [6.07, 6.45) is 5.44. The first-order valence-electron chi connectivity index (χ1n) is 9.20. The SMILES string of the molecule is COC(=O)C1(c2ccccc2)CCC(O)C(CN2CCCCC2)C1. The van der Waals surface area contributed by atoms with Crippen molar-refractivity contribution < 1.29 is 14.6 Å². The molecule has 1 aliphatic carbocycles. The van der Waals surface area contributed by atoms with Gasteiger partial charge in [-0.15, -0.1) is 0 Å².